The average Bonchev–Trinajstić information content (AvgIpc) is 2.63. The van der Waals surface area contributed by atoms with Crippen molar-refractivity contribution in [2.45, 2.75) is 6.17 Å². The van der Waals surface area contributed by atoms with Gasteiger partial charge in [-0.15, -0.1) is 0 Å². The first-order valence-corrected chi connectivity index (χ1v) is 8.21. The average molecular weight is 353 g/mol. The Labute approximate surface area is 149 Å². The molecule has 1 atom stereocenters. The predicted molar refractivity (Wildman–Crippen MR) is 97.5 cm³/mol. The van der Waals surface area contributed by atoms with Crippen LogP contribution < -0.4 is 10.2 Å². The fraction of sp³-hybridized carbons (Fsp3) is 0.0500. The molecule has 1 heterocycles. The van der Waals surface area contributed by atoms with E-state index < -0.39 is 6.17 Å². The third-order valence-electron chi connectivity index (χ3n) is 4.20. The summed E-state index contributed by atoms with van der Waals surface area (Å²) < 4.78 is 13.7. The van der Waals surface area contributed by atoms with Crippen molar-refractivity contribution in [2.75, 3.05) is 10.2 Å². The number of carbonyl (C=O) groups excluding carboxylic acids is 1. The number of amides is 1. The lowest BCUT2D eigenvalue weighted by Gasteiger charge is -2.38. The molecule has 1 N–H and O–H groups in total. The lowest BCUT2D eigenvalue weighted by Crippen LogP contribution is -2.43. The molecule has 0 aromatic heterocycles. The van der Waals surface area contributed by atoms with Crippen molar-refractivity contribution >= 4 is 28.9 Å². The van der Waals surface area contributed by atoms with E-state index in [0.717, 1.165) is 5.69 Å². The first-order valence-electron chi connectivity index (χ1n) is 7.83. The number of hydrogen-bond acceptors (Lipinski definition) is 2. The third-order valence-corrected chi connectivity index (χ3v) is 4.45. The van der Waals surface area contributed by atoms with Crippen molar-refractivity contribution in [3.63, 3.8) is 0 Å². The maximum absolute atomic E-state index is 13.7. The van der Waals surface area contributed by atoms with E-state index in [1.165, 1.54) is 12.1 Å². The third kappa shape index (κ3) is 2.85. The van der Waals surface area contributed by atoms with Gasteiger partial charge in [0.25, 0.3) is 5.91 Å². The molecule has 0 fully saturated rings. The maximum Gasteiger partial charge on any atom is 0.262 e. The highest BCUT2D eigenvalue weighted by molar-refractivity contribution is 6.30. The molecule has 3 nitrogen and oxygen atoms in total. The molecule has 3 aromatic rings. The quantitative estimate of drug-likeness (QED) is 0.683. The van der Waals surface area contributed by atoms with Crippen molar-refractivity contribution in [3.8, 4) is 0 Å². The highest BCUT2D eigenvalue weighted by Gasteiger charge is 2.34. The fourth-order valence-electron chi connectivity index (χ4n) is 3.03. The number of nitrogens with zero attached hydrogens (tertiary/aromatic N) is 1. The Bertz CT molecular complexity index is 942. The zero-order chi connectivity index (χ0) is 17.4. The molecule has 0 aliphatic carbocycles. The number of rotatable bonds is 2. The van der Waals surface area contributed by atoms with E-state index in [-0.39, 0.29) is 11.7 Å². The molecule has 1 unspecified atom stereocenters. The molecule has 3 aromatic carbocycles. The Morgan fingerprint density at radius 1 is 0.960 bits per heavy atom. The molecule has 1 amide bonds. The lowest BCUT2D eigenvalue weighted by atomic mass is 10.0. The van der Waals surface area contributed by atoms with Gasteiger partial charge in [0.1, 0.15) is 12.0 Å². The van der Waals surface area contributed by atoms with Gasteiger partial charge in [-0.3, -0.25) is 9.69 Å². The Morgan fingerprint density at radius 3 is 2.48 bits per heavy atom. The second-order valence-electron chi connectivity index (χ2n) is 5.80. The molecule has 1 aliphatic rings. The molecule has 4 rings (SSSR count). The monoisotopic (exact) mass is 352 g/mol. The Hall–Kier alpha value is -2.85. The van der Waals surface area contributed by atoms with E-state index >= 15 is 0 Å². The van der Waals surface area contributed by atoms with E-state index in [4.69, 9.17) is 11.6 Å². The highest BCUT2D eigenvalue weighted by Crippen LogP contribution is 2.36. The van der Waals surface area contributed by atoms with E-state index in [0.29, 0.717) is 21.8 Å². The number of nitrogens with one attached hydrogen (secondary N) is 1. The summed E-state index contributed by atoms with van der Waals surface area (Å²) in [7, 11) is 0. The van der Waals surface area contributed by atoms with Gasteiger partial charge in [-0.1, -0.05) is 35.9 Å². The van der Waals surface area contributed by atoms with Crippen LogP contribution in [-0.4, -0.2) is 5.91 Å². The first-order chi connectivity index (χ1) is 12.1. The predicted octanol–water partition coefficient (Wildman–Crippen LogP) is 5.25. The van der Waals surface area contributed by atoms with Crippen molar-refractivity contribution in [3.05, 3.63) is 94.8 Å². The minimum atomic E-state index is -0.515. The van der Waals surface area contributed by atoms with Crippen LogP contribution in [0.25, 0.3) is 0 Å². The van der Waals surface area contributed by atoms with Crippen molar-refractivity contribution in [1.82, 2.24) is 0 Å². The van der Waals surface area contributed by atoms with Gasteiger partial charge in [-0.05, 0) is 54.1 Å². The first kappa shape index (κ1) is 15.7. The van der Waals surface area contributed by atoms with Crippen LogP contribution in [0, 0.1) is 5.82 Å². The zero-order valence-electron chi connectivity index (χ0n) is 13.1. The molecule has 0 saturated heterocycles. The number of carbonyl (C=O) groups is 1. The molecule has 1 aliphatic heterocycles. The van der Waals surface area contributed by atoms with Gasteiger partial charge >= 0.3 is 0 Å². The molecule has 124 valence electrons. The van der Waals surface area contributed by atoms with Crippen molar-refractivity contribution < 1.29 is 9.18 Å². The molecule has 0 saturated carbocycles. The lowest BCUT2D eigenvalue weighted by molar-refractivity contribution is 0.0975. The van der Waals surface area contributed by atoms with E-state index in [2.05, 4.69) is 5.32 Å². The van der Waals surface area contributed by atoms with Crippen LogP contribution in [0.4, 0.5) is 15.8 Å². The molecular formula is C20H14ClFN2O. The molecule has 0 bridgehead atoms. The van der Waals surface area contributed by atoms with Gasteiger partial charge in [0, 0.05) is 16.4 Å². The molecule has 0 radical (unpaired) electrons. The van der Waals surface area contributed by atoms with E-state index in [1.807, 2.05) is 18.2 Å². The number of halogens is 2. The van der Waals surface area contributed by atoms with Gasteiger partial charge in [-0.25, -0.2) is 4.39 Å². The number of anilines is 2. The summed E-state index contributed by atoms with van der Waals surface area (Å²) in [5, 5.41) is 3.93. The standard InChI is InChI=1S/C20H14ClFN2O/c21-14-8-10-16(11-9-14)24-19(13-4-3-5-15(22)12-13)23-18-7-2-1-6-17(18)20(24)25/h1-12,19,23H. The van der Waals surface area contributed by atoms with E-state index in [1.54, 1.807) is 47.4 Å². The van der Waals surface area contributed by atoms with Crippen LogP contribution in [-0.2, 0) is 0 Å². The van der Waals surface area contributed by atoms with Crippen LogP contribution in [0.1, 0.15) is 22.1 Å². The summed E-state index contributed by atoms with van der Waals surface area (Å²) in [6.45, 7) is 0. The summed E-state index contributed by atoms with van der Waals surface area (Å²) in [6.07, 6.45) is -0.515. The van der Waals surface area contributed by atoms with Crippen molar-refractivity contribution in [1.29, 1.82) is 0 Å². The molecular weight excluding hydrogens is 339 g/mol. The van der Waals surface area contributed by atoms with Crippen LogP contribution in [0.5, 0.6) is 0 Å². The number of hydrogen-bond donors (Lipinski definition) is 1. The van der Waals surface area contributed by atoms with Crippen LogP contribution >= 0.6 is 11.6 Å². The van der Waals surface area contributed by atoms with Gasteiger partial charge in [0.05, 0.1) is 5.56 Å². The maximum atomic E-state index is 13.7. The Balaban J connectivity index is 1.87. The molecule has 25 heavy (non-hydrogen) atoms. The second-order valence-corrected chi connectivity index (χ2v) is 6.24. The number of para-hydroxylation sites is 1. The summed E-state index contributed by atoms with van der Waals surface area (Å²) in [6, 6.07) is 20.6. The van der Waals surface area contributed by atoms with Gasteiger partial charge in [-0.2, -0.15) is 0 Å². The Morgan fingerprint density at radius 2 is 1.72 bits per heavy atom. The minimum absolute atomic E-state index is 0.147. The second kappa shape index (κ2) is 6.22. The largest absolute Gasteiger partial charge is 0.360 e. The normalized spacial score (nSPS) is 16.3. The van der Waals surface area contributed by atoms with Gasteiger partial charge in [0.15, 0.2) is 0 Å². The zero-order valence-corrected chi connectivity index (χ0v) is 13.9. The molecule has 0 spiro atoms. The molecule has 5 heteroatoms. The Kier molecular flexibility index (Phi) is 3.90. The van der Waals surface area contributed by atoms with Gasteiger partial charge < -0.3 is 5.32 Å². The van der Waals surface area contributed by atoms with Gasteiger partial charge in [0.2, 0.25) is 0 Å². The SMILES string of the molecule is O=C1c2ccccc2NC(c2cccc(F)c2)N1c1ccc(Cl)cc1. The summed E-state index contributed by atoms with van der Waals surface area (Å²) >= 11 is 5.97. The summed E-state index contributed by atoms with van der Waals surface area (Å²) in [4.78, 5) is 14.7. The van der Waals surface area contributed by atoms with Crippen molar-refractivity contribution in [2.24, 2.45) is 0 Å². The smallest absolute Gasteiger partial charge is 0.262 e. The fourth-order valence-corrected chi connectivity index (χ4v) is 3.16. The van der Waals surface area contributed by atoms with Crippen LogP contribution in [0.2, 0.25) is 5.02 Å². The minimum Gasteiger partial charge on any atom is -0.360 e. The van der Waals surface area contributed by atoms with Crippen LogP contribution in [0.15, 0.2) is 72.8 Å². The number of benzene rings is 3. The van der Waals surface area contributed by atoms with E-state index in [9.17, 15) is 9.18 Å². The highest BCUT2D eigenvalue weighted by atomic mass is 35.5. The number of fused-ring (bicyclic) bond motifs is 1. The summed E-state index contributed by atoms with van der Waals surface area (Å²) in [5.41, 5.74) is 2.65. The summed E-state index contributed by atoms with van der Waals surface area (Å²) in [5.74, 6) is -0.493. The topological polar surface area (TPSA) is 32.3 Å². The van der Waals surface area contributed by atoms with Crippen LogP contribution in [0.3, 0.4) is 0 Å².